The molecule has 0 bridgehead atoms. The third-order valence-electron chi connectivity index (χ3n) is 4.77. The molecular weight excluding hydrogens is 282 g/mol. The standard InChI is InChI=1S/C16H25N3O3/c1-17-13(12-18-8-10-22-11-9-18)4-5-14(17)15(16(20)21)19-6-2-3-7-19/h4-5,15H,2-3,6-12H2,1H3,(H,20,21). The third-order valence-corrected chi connectivity index (χ3v) is 4.77. The van der Waals surface area contributed by atoms with E-state index in [9.17, 15) is 9.90 Å². The fourth-order valence-corrected chi connectivity index (χ4v) is 3.46. The molecule has 0 aliphatic carbocycles. The van der Waals surface area contributed by atoms with Gasteiger partial charge in [0, 0.05) is 38.1 Å². The summed E-state index contributed by atoms with van der Waals surface area (Å²) in [4.78, 5) is 16.2. The molecule has 1 atom stereocenters. The van der Waals surface area contributed by atoms with E-state index in [1.165, 1.54) is 5.69 Å². The highest BCUT2D eigenvalue weighted by molar-refractivity contribution is 5.75. The molecule has 6 nitrogen and oxygen atoms in total. The Labute approximate surface area is 131 Å². The summed E-state index contributed by atoms with van der Waals surface area (Å²) < 4.78 is 7.44. The van der Waals surface area contributed by atoms with E-state index >= 15 is 0 Å². The highest BCUT2D eigenvalue weighted by atomic mass is 16.5. The molecule has 3 heterocycles. The molecule has 22 heavy (non-hydrogen) atoms. The molecule has 6 heteroatoms. The van der Waals surface area contributed by atoms with E-state index in [0.717, 1.165) is 64.5 Å². The highest BCUT2D eigenvalue weighted by Gasteiger charge is 2.31. The molecule has 1 unspecified atom stereocenters. The van der Waals surface area contributed by atoms with Crippen LogP contribution in [0.2, 0.25) is 0 Å². The summed E-state index contributed by atoms with van der Waals surface area (Å²) in [6.07, 6.45) is 2.18. The SMILES string of the molecule is Cn1c(CN2CCOCC2)ccc1C(C(=O)O)N1CCCC1. The van der Waals surface area contributed by atoms with Gasteiger partial charge in [0.25, 0.3) is 0 Å². The molecular formula is C16H25N3O3. The average molecular weight is 307 g/mol. The minimum Gasteiger partial charge on any atom is -0.480 e. The lowest BCUT2D eigenvalue weighted by atomic mass is 10.2. The zero-order valence-corrected chi connectivity index (χ0v) is 13.2. The van der Waals surface area contributed by atoms with Crippen LogP contribution in [0, 0.1) is 0 Å². The number of morpholine rings is 1. The van der Waals surface area contributed by atoms with E-state index in [0.29, 0.717) is 0 Å². The molecule has 122 valence electrons. The Bertz CT molecular complexity index is 517. The van der Waals surface area contributed by atoms with Crippen LogP contribution in [-0.4, -0.2) is 64.8 Å². The van der Waals surface area contributed by atoms with E-state index in [2.05, 4.69) is 20.4 Å². The summed E-state index contributed by atoms with van der Waals surface area (Å²) in [5.41, 5.74) is 2.06. The molecule has 2 aliphatic heterocycles. The summed E-state index contributed by atoms with van der Waals surface area (Å²) >= 11 is 0. The van der Waals surface area contributed by atoms with Crippen LogP contribution in [0.25, 0.3) is 0 Å². The van der Waals surface area contributed by atoms with Crippen LogP contribution in [0.5, 0.6) is 0 Å². The Morgan fingerprint density at radius 1 is 1.23 bits per heavy atom. The van der Waals surface area contributed by atoms with Crippen molar-refractivity contribution in [3.63, 3.8) is 0 Å². The van der Waals surface area contributed by atoms with Crippen LogP contribution in [0.4, 0.5) is 0 Å². The first-order chi connectivity index (χ1) is 10.7. The predicted molar refractivity (Wildman–Crippen MR) is 82.7 cm³/mol. The zero-order valence-electron chi connectivity index (χ0n) is 13.2. The average Bonchev–Trinajstić information content (AvgIpc) is 3.14. The molecule has 2 saturated heterocycles. The molecule has 2 aliphatic rings. The Morgan fingerprint density at radius 3 is 2.55 bits per heavy atom. The monoisotopic (exact) mass is 307 g/mol. The van der Waals surface area contributed by atoms with Crippen LogP contribution < -0.4 is 0 Å². The van der Waals surface area contributed by atoms with Crippen LogP contribution in [0.15, 0.2) is 12.1 Å². The molecule has 3 rings (SSSR count). The van der Waals surface area contributed by atoms with Gasteiger partial charge < -0.3 is 14.4 Å². The first kappa shape index (κ1) is 15.5. The van der Waals surface area contributed by atoms with E-state index in [4.69, 9.17) is 4.74 Å². The predicted octanol–water partition coefficient (Wildman–Crippen LogP) is 1.08. The number of nitrogens with zero attached hydrogens (tertiary/aromatic N) is 3. The fraction of sp³-hybridized carbons (Fsp3) is 0.688. The Morgan fingerprint density at radius 2 is 1.91 bits per heavy atom. The second kappa shape index (κ2) is 6.81. The third kappa shape index (κ3) is 3.19. The van der Waals surface area contributed by atoms with Gasteiger partial charge in [0.05, 0.1) is 13.2 Å². The number of rotatable bonds is 5. The lowest BCUT2D eigenvalue weighted by Gasteiger charge is -2.28. The van der Waals surface area contributed by atoms with Gasteiger partial charge in [-0.05, 0) is 38.1 Å². The van der Waals surface area contributed by atoms with Gasteiger partial charge in [-0.3, -0.25) is 14.6 Å². The van der Waals surface area contributed by atoms with E-state index in [-0.39, 0.29) is 0 Å². The van der Waals surface area contributed by atoms with Crippen molar-refractivity contribution in [2.45, 2.75) is 25.4 Å². The lowest BCUT2D eigenvalue weighted by Crippen LogP contribution is -2.36. The van der Waals surface area contributed by atoms with Crippen molar-refractivity contribution in [2.24, 2.45) is 7.05 Å². The summed E-state index contributed by atoms with van der Waals surface area (Å²) in [6.45, 7) is 6.05. The molecule has 0 radical (unpaired) electrons. The van der Waals surface area contributed by atoms with Crippen molar-refractivity contribution in [1.29, 1.82) is 0 Å². The first-order valence-corrected chi connectivity index (χ1v) is 8.08. The number of carboxylic acid groups (broad SMARTS) is 1. The largest absolute Gasteiger partial charge is 0.480 e. The highest BCUT2D eigenvalue weighted by Crippen LogP contribution is 2.27. The van der Waals surface area contributed by atoms with Gasteiger partial charge in [-0.2, -0.15) is 0 Å². The lowest BCUT2D eigenvalue weighted by molar-refractivity contribution is -0.143. The maximum Gasteiger partial charge on any atom is 0.327 e. The van der Waals surface area contributed by atoms with E-state index in [1.54, 1.807) is 0 Å². The quantitative estimate of drug-likeness (QED) is 0.882. The van der Waals surface area contributed by atoms with Crippen molar-refractivity contribution in [1.82, 2.24) is 14.4 Å². The van der Waals surface area contributed by atoms with Crippen molar-refractivity contribution in [3.8, 4) is 0 Å². The molecule has 0 spiro atoms. The molecule has 1 aromatic heterocycles. The Hall–Kier alpha value is -1.37. The second-order valence-electron chi connectivity index (χ2n) is 6.18. The number of aromatic nitrogens is 1. The van der Waals surface area contributed by atoms with E-state index < -0.39 is 12.0 Å². The number of hydrogen-bond acceptors (Lipinski definition) is 4. The van der Waals surface area contributed by atoms with Gasteiger partial charge in [-0.1, -0.05) is 0 Å². The van der Waals surface area contributed by atoms with Crippen LogP contribution in [0.1, 0.15) is 30.3 Å². The van der Waals surface area contributed by atoms with Crippen LogP contribution >= 0.6 is 0 Å². The van der Waals surface area contributed by atoms with Gasteiger partial charge >= 0.3 is 5.97 Å². The smallest absolute Gasteiger partial charge is 0.327 e. The van der Waals surface area contributed by atoms with Gasteiger partial charge in [-0.15, -0.1) is 0 Å². The summed E-state index contributed by atoms with van der Waals surface area (Å²) in [5, 5.41) is 9.66. The molecule has 2 fully saturated rings. The number of hydrogen-bond donors (Lipinski definition) is 1. The second-order valence-corrected chi connectivity index (χ2v) is 6.18. The normalized spacial score (nSPS) is 22.0. The Balaban J connectivity index is 1.76. The number of ether oxygens (including phenoxy) is 1. The fourth-order valence-electron chi connectivity index (χ4n) is 3.46. The van der Waals surface area contributed by atoms with Crippen molar-refractivity contribution in [3.05, 3.63) is 23.5 Å². The summed E-state index contributed by atoms with van der Waals surface area (Å²) in [5.74, 6) is -0.749. The number of likely N-dealkylation sites (tertiary alicyclic amines) is 1. The van der Waals surface area contributed by atoms with Gasteiger partial charge in [0.2, 0.25) is 0 Å². The van der Waals surface area contributed by atoms with E-state index in [1.807, 2.05) is 13.1 Å². The van der Waals surface area contributed by atoms with Crippen LogP contribution in [-0.2, 0) is 23.1 Å². The molecule has 1 N–H and O–H groups in total. The number of carboxylic acids is 1. The molecule has 0 amide bonds. The van der Waals surface area contributed by atoms with Crippen molar-refractivity contribution in [2.75, 3.05) is 39.4 Å². The number of aliphatic carboxylic acids is 1. The van der Waals surface area contributed by atoms with Crippen LogP contribution in [0.3, 0.4) is 0 Å². The first-order valence-electron chi connectivity index (χ1n) is 8.08. The Kier molecular flexibility index (Phi) is 4.81. The number of carbonyl (C=O) groups is 1. The summed E-state index contributed by atoms with van der Waals surface area (Å²) in [6, 6.07) is 3.52. The zero-order chi connectivity index (χ0) is 15.5. The van der Waals surface area contributed by atoms with Gasteiger partial charge in [0.1, 0.15) is 6.04 Å². The van der Waals surface area contributed by atoms with Crippen molar-refractivity contribution >= 4 is 5.97 Å². The minimum atomic E-state index is -0.749. The minimum absolute atomic E-state index is 0.522. The van der Waals surface area contributed by atoms with Gasteiger partial charge in [0.15, 0.2) is 0 Å². The topological polar surface area (TPSA) is 57.9 Å². The molecule has 1 aromatic rings. The molecule has 0 saturated carbocycles. The maximum absolute atomic E-state index is 11.8. The molecule has 0 aromatic carbocycles. The van der Waals surface area contributed by atoms with Crippen molar-refractivity contribution < 1.29 is 14.6 Å². The summed E-state index contributed by atoms with van der Waals surface area (Å²) in [7, 11) is 1.98. The maximum atomic E-state index is 11.8. The van der Waals surface area contributed by atoms with Gasteiger partial charge in [-0.25, -0.2) is 0 Å².